The third-order valence-corrected chi connectivity index (χ3v) is 3.22. The number of hydrogen-bond donors (Lipinski definition) is 1. The Morgan fingerprint density at radius 3 is 2.24 bits per heavy atom. The fourth-order valence-electron chi connectivity index (χ4n) is 2.17. The smallest absolute Gasteiger partial charge is 0.270 e. The summed E-state index contributed by atoms with van der Waals surface area (Å²) in [6.07, 6.45) is 1.38. The maximum absolute atomic E-state index is 12.1. The second kappa shape index (κ2) is 4.82. The number of carbonyl (C=O) groups excluding carboxylic acids is 3. The minimum Gasteiger partial charge on any atom is -0.364 e. The van der Waals surface area contributed by atoms with Gasteiger partial charge in [0, 0.05) is 6.54 Å². The maximum atomic E-state index is 12.1. The molecule has 2 N–H and O–H groups in total. The van der Waals surface area contributed by atoms with Crippen molar-refractivity contribution >= 4 is 17.7 Å². The second-order valence-corrected chi connectivity index (χ2v) is 4.54. The van der Waals surface area contributed by atoms with E-state index in [9.17, 15) is 14.4 Å². The quantitative estimate of drug-likeness (QED) is 0.773. The number of amides is 3. The van der Waals surface area contributed by atoms with E-state index < -0.39 is 5.91 Å². The summed E-state index contributed by atoms with van der Waals surface area (Å²) in [4.78, 5) is 36.3. The van der Waals surface area contributed by atoms with Gasteiger partial charge in [-0.05, 0) is 12.1 Å². The summed E-state index contributed by atoms with van der Waals surface area (Å²) >= 11 is 0. The first-order chi connectivity index (χ1) is 10.1. The zero-order chi connectivity index (χ0) is 15.0. The van der Waals surface area contributed by atoms with E-state index in [1.54, 1.807) is 24.3 Å². The van der Waals surface area contributed by atoms with E-state index in [4.69, 9.17) is 5.73 Å². The predicted octanol–water partition coefficient (Wildman–Crippen LogP) is -0.327. The highest BCUT2D eigenvalue weighted by molar-refractivity contribution is 6.21. The topological polar surface area (TPSA) is 111 Å². The first kappa shape index (κ1) is 13.0. The van der Waals surface area contributed by atoms with Crippen LogP contribution < -0.4 is 5.73 Å². The highest BCUT2D eigenvalue weighted by Gasteiger charge is 2.34. The van der Waals surface area contributed by atoms with E-state index in [1.165, 1.54) is 10.9 Å². The van der Waals surface area contributed by atoms with Gasteiger partial charge in [0.05, 0.1) is 23.9 Å². The van der Waals surface area contributed by atoms with Crippen LogP contribution in [-0.4, -0.2) is 44.2 Å². The van der Waals surface area contributed by atoms with Gasteiger partial charge in [0.1, 0.15) is 0 Å². The van der Waals surface area contributed by atoms with Crippen LogP contribution in [0.25, 0.3) is 0 Å². The average molecular weight is 285 g/mol. The van der Waals surface area contributed by atoms with Crippen molar-refractivity contribution in [3.63, 3.8) is 0 Å². The average Bonchev–Trinajstić information content (AvgIpc) is 3.03. The Morgan fingerprint density at radius 2 is 1.71 bits per heavy atom. The van der Waals surface area contributed by atoms with Gasteiger partial charge >= 0.3 is 0 Å². The van der Waals surface area contributed by atoms with E-state index in [-0.39, 0.29) is 30.6 Å². The van der Waals surface area contributed by atoms with Crippen LogP contribution in [-0.2, 0) is 6.54 Å². The van der Waals surface area contributed by atoms with E-state index in [1.807, 2.05) is 0 Å². The molecule has 0 atom stereocenters. The van der Waals surface area contributed by atoms with Gasteiger partial charge in [0.25, 0.3) is 17.7 Å². The molecule has 2 heterocycles. The summed E-state index contributed by atoms with van der Waals surface area (Å²) in [5.74, 6) is -1.33. The van der Waals surface area contributed by atoms with Crippen LogP contribution in [0.15, 0.2) is 30.5 Å². The molecule has 21 heavy (non-hydrogen) atoms. The predicted molar refractivity (Wildman–Crippen MR) is 70.3 cm³/mol. The lowest BCUT2D eigenvalue weighted by Crippen LogP contribution is -2.33. The number of benzene rings is 1. The molecule has 0 saturated carbocycles. The van der Waals surface area contributed by atoms with Crippen molar-refractivity contribution in [3.05, 3.63) is 47.3 Å². The van der Waals surface area contributed by atoms with Crippen molar-refractivity contribution < 1.29 is 14.4 Å². The van der Waals surface area contributed by atoms with Gasteiger partial charge < -0.3 is 5.73 Å². The number of imide groups is 1. The summed E-state index contributed by atoms with van der Waals surface area (Å²) in [6, 6.07) is 6.67. The monoisotopic (exact) mass is 285 g/mol. The first-order valence-electron chi connectivity index (χ1n) is 6.23. The molecule has 3 amide bonds. The van der Waals surface area contributed by atoms with E-state index in [0.29, 0.717) is 11.1 Å². The molecule has 0 unspecified atom stereocenters. The molecule has 8 heteroatoms. The van der Waals surface area contributed by atoms with E-state index >= 15 is 0 Å². The van der Waals surface area contributed by atoms with Gasteiger partial charge in [-0.2, -0.15) is 0 Å². The number of hydrogen-bond acceptors (Lipinski definition) is 5. The minimum atomic E-state index is -0.679. The molecule has 3 rings (SSSR count). The Bertz CT molecular complexity index is 717. The number of aromatic nitrogens is 3. The molecule has 2 aromatic rings. The molecule has 0 saturated heterocycles. The van der Waals surface area contributed by atoms with Gasteiger partial charge in [-0.1, -0.05) is 17.3 Å². The number of rotatable bonds is 4. The highest BCUT2D eigenvalue weighted by atomic mass is 16.2. The van der Waals surface area contributed by atoms with Crippen molar-refractivity contribution in [2.24, 2.45) is 5.73 Å². The number of fused-ring (bicyclic) bond motifs is 1. The molecule has 0 aliphatic carbocycles. The fourth-order valence-corrected chi connectivity index (χ4v) is 2.17. The minimum absolute atomic E-state index is 0.0392. The van der Waals surface area contributed by atoms with Crippen LogP contribution in [0.4, 0.5) is 0 Å². The van der Waals surface area contributed by atoms with Gasteiger partial charge in [0.15, 0.2) is 5.69 Å². The summed E-state index contributed by atoms with van der Waals surface area (Å²) in [5.41, 5.74) is 5.92. The molecule has 0 fully saturated rings. The zero-order valence-electron chi connectivity index (χ0n) is 10.9. The van der Waals surface area contributed by atoms with Crippen LogP contribution in [0.2, 0.25) is 0 Å². The molecule has 106 valence electrons. The van der Waals surface area contributed by atoms with Crippen molar-refractivity contribution in [1.82, 2.24) is 19.9 Å². The standard InChI is InChI=1S/C13H11N5O3/c14-11(19)10-7-17(16-15-10)5-6-18-12(20)8-3-1-2-4-9(8)13(18)21/h1-4,7H,5-6H2,(H2,14,19). The van der Waals surface area contributed by atoms with Crippen molar-refractivity contribution in [2.45, 2.75) is 6.54 Å². The van der Waals surface area contributed by atoms with Gasteiger partial charge in [-0.15, -0.1) is 5.10 Å². The highest BCUT2D eigenvalue weighted by Crippen LogP contribution is 2.22. The largest absolute Gasteiger partial charge is 0.364 e. The lowest BCUT2D eigenvalue weighted by Gasteiger charge is -2.13. The Hall–Kier alpha value is -3.03. The summed E-state index contributed by atoms with van der Waals surface area (Å²) < 4.78 is 1.36. The molecule has 1 aromatic carbocycles. The van der Waals surface area contributed by atoms with Gasteiger partial charge in [-0.25, -0.2) is 4.68 Å². The Morgan fingerprint density at radius 1 is 1.10 bits per heavy atom. The first-order valence-corrected chi connectivity index (χ1v) is 6.23. The lowest BCUT2D eigenvalue weighted by molar-refractivity contribution is 0.0647. The van der Waals surface area contributed by atoms with Gasteiger partial charge in [-0.3, -0.25) is 19.3 Å². The second-order valence-electron chi connectivity index (χ2n) is 4.54. The summed E-state index contributed by atoms with van der Waals surface area (Å²) in [5, 5.41) is 7.30. The van der Waals surface area contributed by atoms with Crippen molar-refractivity contribution in [2.75, 3.05) is 6.54 Å². The molecule has 1 aliphatic rings. The normalized spacial score (nSPS) is 13.6. The van der Waals surface area contributed by atoms with Gasteiger partial charge in [0.2, 0.25) is 0 Å². The fraction of sp³-hybridized carbons (Fsp3) is 0.154. The Balaban J connectivity index is 1.73. The SMILES string of the molecule is NC(=O)c1cn(CCN2C(=O)c3ccccc3C2=O)nn1. The van der Waals surface area contributed by atoms with Crippen LogP contribution in [0.5, 0.6) is 0 Å². The summed E-state index contributed by atoms with van der Waals surface area (Å²) in [7, 11) is 0. The zero-order valence-corrected chi connectivity index (χ0v) is 10.9. The summed E-state index contributed by atoms with van der Waals surface area (Å²) in [6.45, 7) is 0.389. The lowest BCUT2D eigenvalue weighted by atomic mass is 10.1. The third kappa shape index (κ3) is 2.16. The molecule has 8 nitrogen and oxygen atoms in total. The Kier molecular flexibility index (Phi) is 2.98. The molecular weight excluding hydrogens is 274 g/mol. The van der Waals surface area contributed by atoms with Crippen molar-refractivity contribution in [1.29, 1.82) is 0 Å². The van der Waals surface area contributed by atoms with Crippen molar-refractivity contribution in [3.8, 4) is 0 Å². The van der Waals surface area contributed by atoms with E-state index in [2.05, 4.69) is 10.3 Å². The number of primary amides is 1. The Labute approximate surface area is 119 Å². The molecule has 0 bridgehead atoms. The van der Waals surface area contributed by atoms with Crippen LogP contribution in [0, 0.1) is 0 Å². The molecule has 1 aromatic heterocycles. The number of nitrogens with two attached hydrogens (primary N) is 1. The van der Waals surface area contributed by atoms with E-state index in [0.717, 1.165) is 4.90 Å². The third-order valence-electron chi connectivity index (χ3n) is 3.22. The molecule has 0 radical (unpaired) electrons. The number of carbonyl (C=O) groups is 3. The molecular formula is C13H11N5O3. The number of nitrogens with zero attached hydrogens (tertiary/aromatic N) is 4. The van der Waals surface area contributed by atoms with Crippen LogP contribution >= 0.6 is 0 Å². The van der Waals surface area contributed by atoms with Crippen LogP contribution in [0.3, 0.4) is 0 Å². The molecule has 0 spiro atoms. The van der Waals surface area contributed by atoms with Crippen LogP contribution in [0.1, 0.15) is 31.2 Å². The molecule has 1 aliphatic heterocycles. The maximum Gasteiger partial charge on any atom is 0.270 e.